The Labute approximate surface area is 57.4 Å². The summed E-state index contributed by atoms with van der Waals surface area (Å²) in [5.74, 6) is 0. The van der Waals surface area contributed by atoms with Crippen LogP contribution in [0.5, 0.6) is 0 Å². The van der Waals surface area contributed by atoms with E-state index in [9.17, 15) is 0 Å². The first-order chi connectivity index (χ1) is 0. The predicted molar refractivity (Wildman–Crippen MR) is 34.8 cm³/mol. The maximum absolute atomic E-state index is 0. The van der Waals surface area contributed by atoms with Gasteiger partial charge in [0.05, 0.1) is 0 Å². The monoisotopic (exact) mass is 105 g/mol. The third kappa shape index (κ3) is 9.78. The van der Waals surface area contributed by atoms with E-state index in [0.717, 1.165) is 0 Å². The molecule has 0 aliphatic rings. The van der Waals surface area contributed by atoms with E-state index in [2.05, 4.69) is 0 Å². The van der Waals surface area contributed by atoms with E-state index < -0.39 is 0 Å². The molecule has 0 unspecified atom stereocenters. The zero-order chi connectivity index (χ0) is 0. The minimum absolute atomic E-state index is 0. The van der Waals surface area contributed by atoms with Crippen molar-refractivity contribution in [2.75, 3.05) is 0 Å². The van der Waals surface area contributed by atoms with Crippen LogP contribution >= 0.6 is 0 Å². The van der Waals surface area contributed by atoms with Gasteiger partial charge in [-0.15, -0.1) is 0 Å². The smallest absolute Gasteiger partial charge is 0.316 e. The molecule has 0 spiro atoms. The molecule has 0 saturated heterocycles. The van der Waals surface area contributed by atoms with Crippen molar-refractivity contribution in [1.82, 2.24) is 6.15 Å². The summed E-state index contributed by atoms with van der Waals surface area (Å²) in [5.41, 5.74) is 0. The van der Waals surface area contributed by atoms with Gasteiger partial charge in [-0.25, -0.2) is 0 Å². The van der Waals surface area contributed by atoms with Gasteiger partial charge in [-0.3, -0.25) is 0 Å². The van der Waals surface area contributed by atoms with E-state index in [1.54, 1.807) is 0 Å². The number of hydrogen-bond donors (Lipinski definition) is 1. The lowest BCUT2D eigenvalue weighted by Gasteiger charge is -0.344. The van der Waals surface area contributed by atoms with Gasteiger partial charge in [0.15, 0.2) is 17.4 Å². The van der Waals surface area contributed by atoms with Crippen molar-refractivity contribution < 1.29 is 0 Å². The van der Waals surface area contributed by atoms with Crippen molar-refractivity contribution in [3.8, 4) is 0 Å². The fourth-order valence-electron chi connectivity index (χ4n) is 0. The largest absolute Gasteiger partial charge is 0.344 e. The average molecular weight is 105 g/mol. The number of hydrogen-bond acceptors (Lipinski definition) is 1. The Kier molecular flexibility index (Phi) is 313. The molecule has 0 aromatic heterocycles. The molecule has 0 atom stereocenters. The summed E-state index contributed by atoms with van der Waals surface area (Å²) in [4.78, 5) is 0. The molecule has 4 heavy (non-hydrogen) atoms. The predicted octanol–water partition coefficient (Wildman–Crippen LogP) is -3.39. The summed E-state index contributed by atoms with van der Waals surface area (Å²) in [6.45, 7) is 0. The zero-order valence-corrected chi connectivity index (χ0v) is 0.707. The highest BCUT2D eigenvalue weighted by Gasteiger charge is 0.316. The highest BCUT2D eigenvalue weighted by Crippen LogP contribution is -0.379. The molecule has 0 heterocycles. The highest BCUT2D eigenvalue weighted by molar-refractivity contribution is 5.76. The zero-order valence-electron chi connectivity index (χ0n) is 0.707. The van der Waals surface area contributed by atoms with Gasteiger partial charge in [-0.1, -0.05) is 0 Å². The maximum atomic E-state index is 0. The van der Waals surface area contributed by atoms with E-state index in [-0.39, 0.29) is 57.5 Å². The van der Waals surface area contributed by atoms with Gasteiger partial charge < -0.3 is 6.15 Å². The molecule has 0 bridgehead atoms. The van der Waals surface area contributed by atoms with E-state index in [1.807, 2.05) is 0 Å². The molecule has 1 nitrogen and oxygen atoms in total. The lowest BCUT2D eigenvalue weighted by atomic mass is 14.0. The molecule has 0 saturated carbocycles. The molecular formula is H12AlMgNSi. The van der Waals surface area contributed by atoms with E-state index in [0.29, 0.717) is 0 Å². The molecule has 4 heteroatoms. The van der Waals surface area contributed by atoms with Gasteiger partial charge >= 0.3 is 23.1 Å². The van der Waals surface area contributed by atoms with Gasteiger partial charge in [0, 0.05) is 0 Å². The summed E-state index contributed by atoms with van der Waals surface area (Å²) >= 11 is 0. The molecule has 0 amide bonds. The summed E-state index contributed by atoms with van der Waals surface area (Å²) in [6, 6.07) is 0. The van der Waals surface area contributed by atoms with Gasteiger partial charge in [0.2, 0.25) is 0 Å². The first-order valence-corrected chi connectivity index (χ1v) is 0. The second kappa shape index (κ2) is 24.8. The third-order valence-corrected chi connectivity index (χ3v) is 0. The minimum atomic E-state index is 0. The van der Waals surface area contributed by atoms with Gasteiger partial charge in [0.25, 0.3) is 0 Å². The van der Waals surface area contributed by atoms with Gasteiger partial charge in [-0.05, 0) is 11.0 Å². The molecule has 0 radical (unpaired) electrons. The van der Waals surface area contributed by atoms with Crippen LogP contribution < -0.4 is 6.15 Å². The Morgan fingerprint density at radius 1 is 1.00 bits per heavy atom. The van der Waals surface area contributed by atoms with Gasteiger partial charge in [0.1, 0.15) is 0 Å². The molecule has 26 valence electrons. The summed E-state index contributed by atoms with van der Waals surface area (Å²) < 4.78 is 0. The van der Waals surface area contributed by atoms with Crippen LogP contribution in [-0.4, -0.2) is 51.4 Å². The summed E-state index contributed by atoms with van der Waals surface area (Å²) in [5, 5.41) is 0. The molecule has 0 fully saturated rings. The van der Waals surface area contributed by atoms with Crippen molar-refractivity contribution in [1.29, 1.82) is 0 Å². The normalized spacial score (nSPS) is 0. The maximum Gasteiger partial charge on any atom is 0.316 e. The van der Waals surface area contributed by atoms with Crippen molar-refractivity contribution in [3.63, 3.8) is 0 Å². The molecule has 0 aromatic rings. The van der Waals surface area contributed by atoms with Crippen LogP contribution in [0.1, 0.15) is 0 Å². The van der Waals surface area contributed by atoms with Crippen LogP contribution in [-0.2, 0) is 0 Å². The van der Waals surface area contributed by atoms with Crippen LogP contribution in [0.25, 0.3) is 0 Å². The highest BCUT2D eigenvalue weighted by atomic mass is 28.1. The summed E-state index contributed by atoms with van der Waals surface area (Å²) in [7, 11) is 0. The van der Waals surface area contributed by atoms with E-state index >= 15 is 0 Å². The average Bonchev–Trinajstić information content (AvgIpc) is 0. The van der Waals surface area contributed by atoms with E-state index in [4.69, 9.17) is 0 Å². The molecule has 0 aliphatic heterocycles. The molecular weight excluding hydrogens is 93.4 g/mol. The molecule has 0 aliphatic carbocycles. The minimum Gasteiger partial charge on any atom is -0.344 e. The first kappa shape index (κ1) is 50.4. The topological polar surface area (TPSA) is 35.0 Å². The molecule has 0 aromatic carbocycles. The number of rotatable bonds is 0. The van der Waals surface area contributed by atoms with Crippen molar-refractivity contribution >= 4 is 51.4 Å². The Hall–Kier alpha value is 1.48. The lowest BCUT2D eigenvalue weighted by Crippen LogP contribution is -0.481. The van der Waals surface area contributed by atoms with Crippen molar-refractivity contribution in [2.45, 2.75) is 0 Å². The lowest BCUT2D eigenvalue weighted by molar-refractivity contribution is 2.13. The fraction of sp³-hybridized carbons (Fsp3) is 0. The van der Waals surface area contributed by atoms with Crippen LogP contribution in [0.2, 0.25) is 0 Å². The summed E-state index contributed by atoms with van der Waals surface area (Å²) in [6.07, 6.45) is 0. The van der Waals surface area contributed by atoms with Crippen LogP contribution in [0.15, 0.2) is 0 Å². The van der Waals surface area contributed by atoms with Crippen LogP contribution in [0, 0.1) is 0 Å². The molecule has 3 N–H and O–H groups in total. The Morgan fingerprint density at radius 2 is 1.00 bits per heavy atom. The van der Waals surface area contributed by atoms with Crippen molar-refractivity contribution in [2.24, 2.45) is 0 Å². The quantitative estimate of drug-likeness (QED) is 0.321. The fourth-order valence-corrected chi connectivity index (χ4v) is 0. The van der Waals surface area contributed by atoms with Crippen LogP contribution in [0.3, 0.4) is 0 Å². The van der Waals surface area contributed by atoms with Crippen molar-refractivity contribution in [3.05, 3.63) is 0 Å². The Balaban J connectivity index is 0. The Bertz CT molecular complexity index is 8.00. The third-order valence-electron chi connectivity index (χ3n) is 0. The van der Waals surface area contributed by atoms with Crippen LogP contribution in [0.4, 0.5) is 0 Å². The Morgan fingerprint density at radius 3 is 1.00 bits per heavy atom. The van der Waals surface area contributed by atoms with Gasteiger partial charge in [-0.2, -0.15) is 0 Å². The standard InChI is InChI=1S/Al.Mg.H3N.H4Si.5H/h;;1H3;1H4;;;;;. The SMILES string of the molecule is N.[AlH3].[MgH2].[SiH4]. The second-order valence-corrected chi connectivity index (χ2v) is 0. The molecule has 0 rings (SSSR count). The van der Waals surface area contributed by atoms with E-state index in [1.165, 1.54) is 0 Å². The first-order valence-electron chi connectivity index (χ1n) is 0. The second-order valence-electron chi connectivity index (χ2n) is 0.